The number of rotatable bonds is 8. The highest BCUT2D eigenvalue weighted by Gasteiger charge is 2.10. The van der Waals surface area contributed by atoms with Gasteiger partial charge in [-0.15, -0.1) is 12.4 Å². The highest BCUT2D eigenvalue weighted by molar-refractivity contribution is 5.85. The van der Waals surface area contributed by atoms with Crippen molar-refractivity contribution in [3.8, 4) is 5.75 Å². The normalized spacial score (nSPS) is 11.3. The van der Waals surface area contributed by atoms with E-state index in [9.17, 15) is 4.79 Å². The second-order valence-electron chi connectivity index (χ2n) is 4.26. The predicted molar refractivity (Wildman–Crippen MR) is 79.9 cm³/mol. The number of carbonyl (C=O) groups excluding carboxylic acids is 1. The SMILES string of the molecule is CNCC(C)C(=O)NCCCOc1ccccc1.Cl. The van der Waals surface area contributed by atoms with Crippen molar-refractivity contribution < 1.29 is 9.53 Å². The summed E-state index contributed by atoms with van der Waals surface area (Å²) in [5, 5.41) is 5.88. The van der Waals surface area contributed by atoms with Crippen LogP contribution in [0.3, 0.4) is 0 Å². The number of para-hydroxylation sites is 1. The summed E-state index contributed by atoms with van der Waals surface area (Å²) in [5.41, 5.74) is 0. The molecule has 0 aliphatic heterocycles. The first-order chi connectivity index (χ1) is 8.74. The summed E-state index contributed by atoms with van der Waals surface area (Å²) in [6.07, 6.45) is 0.812. The van der Waals surface area contributed by atoms with Crippen LogP contribution in [-0.2, 0) is 4.79 Å². The molecule has 5 heteroatoms. The largest absolute Gasteiger partial charge is 0.494 e. The molecule has 1 aromatic carbocycles. The Morgan fingerprint density at radius 3 is 2.63 bits per heavy atom. The number of nitrogens with one attached hydrogen (secondary N) is 2. The molecule has 4 nitrogen and oxygen atoms in total. The minimum atomic E-state index is 0. The van der Waals surface area contributed by atoms with Gasteiger partial charge < -0.3 is 15.4 Å². The number of halogens is 1. The maximum atomic E-state index is 11.6. The predicted octanol–water partition coefficient (Wildman–Crippen LogP) is 1.85. The summed E-state index contributed by atoms with van der Waals surface area (Å²) in [6.45, 7) is 3.88. The first kappa shape index (κ1) is 17.7. The Kier molecular flexibility index (Phi) is 9.94. The molecule has 0 spiro atoms. The van der Waals surface area contributed by atoms with Gasteiger partial charge in [0.15, 0.2) is 0 Å². The summed E-state index contributed by atoms with van der Waals surface area (Å²) in [7, 11) is 1.84. The second-order valence-corrected chi connectivity index (χ2v) is 4.26. The summed E-state index contributed by atoms with van der Waals surface area (Å²) in [4.78, 5) is 11.6. The van der Waals surface area contributed by atoms with Gasteiger partial charge in [0.2, 0.25) is 5.91 Å². The number of benzene rings is 1. The van der Waals surface area contributed by atoms with Gasteiger partial charge in [0.05, 0.1) is 6.61 Å². The van der Waals surface area contributed by atoms with Gasteiger partial charge in [-0.2, -0.15) is 0 Å². The lowest BCUT2D eigenvalue weighted by molar-refractivity contribution is -0.124. The van der Waals surface area contributed by atoms with Crippen LogP contribution in [-0.4, -0.2) is 32.7 Å². The Bertz CT molecular complexity index is 347. The van der Waals surface area contributed by atoms with E-state index in [4.69, 9.17) is 4.74 Å². The first-order valence-corrected chi connectivity index (χ1v) is 6.34. The van der Waals surface area contributed by atoms with Crippen molar-refractivity contribution in [2.45, 2.75) is 13.3 Å². The molecule has 0 radical (unpaired) electrons. The molecule has 0 fully saturated rings. The average Bonchev–Trinajstić information content (AvgIpc) is 2.39. The second kappa shape index (κ2) is 10.6. The zero-order valence-electron chi connectivity index (χ0n) is 11.5. The molecule has 1 aromatic rings. The van der Waals surface area contributed by atoms with Crippen molar-refractivity contribution in [2.75, 3.05) is 26.7 Å². The Labute approximate surface area is 121 Å². The zero-order chi connectivity index (χ0) is 13.2. The van der Waals surface area contributed by atoms with E-state index in [-0.39, 0.29) is 24.2 Å². The van der Waals surface area contributed by atoms with Gasteiger partial charge in [0, 0.05) is 19.0 Å². The molecule has 19 heavy (non-hydrogen) atoms. The van der Waals surface area contributed by atoms with Gasteiger partial charge in [0.1, 0.15) is 5.75 Å². The van der Waals surface area contributed by atoms with Crippen molar-refractivity contribution in [3.05, 3.63) is 30.3 Å². The summed E-state index contributed by atoms with van der Waals surface area (Å²) in [5.74, 6) is 0.960. The van der Waals surface area contributed by atoms with Gasteiger partial charge >= 0.3 is 0 Å². The van der Waals surface area contributed by atoms with E-state index in [1.165, 1.54) is 0 Å². The van der Waals surface area contributed by atoms with Crippen LogP contribution >= 0.6 is 12.4 Å². The molecule has 0 saturated carbocycles. The lowest BCUT2D eigenvalue weighted by atomic mass is 10.1. The number of amides is 1. The van der Waals surface area contributed by atoms with Crippen molar-refractivity contribution >= 4 is 18.3 Å². The van der Waals surface area contributed by atoms with Crippen LogP contribution in [0.1, 0.15) is 13.3 Å². The minimum Gasteiger partial charge on any atom is -0.494 e. The maximum absolute atomic E-state index is 11.6. The monoisotopic (exact) mass is 286 g/mol. The molecule has 1 unspecified atom stereocenters. The highest BCUT2D eigenvalue weighted by Crippen LogP contribution is 2.08. The molecule has 0 aliphatic carbocycles. The van der Waals surface area contributed by atoms with Crippen molar-refractivity contribution in [3.63, 3.8) is 0 Å². The maximum Gasteiger partial charge on any atom is 0.224 e. The van der Waals surface area contributed by atoms with Crippen LogP contribution in [0.4, 0.5) is 0 Å². The molecule has 0 heterocycles. The third-order valence-electron chi connectivity index (χ3n) is 2.59. The van der Waals surface area contributed by atoms with Crippen molar-refractivity contribution in [2.24, 2.45) is 5.92 Å². The molecule has 108 valence electrons. The van der Waals surface area contributed by atoms with Crippen LogP contribution in [0.2, 0.25) is 0 Å². The summed E-state index contributed by atoms with van der Waals surface area (Å²) >= 11 is 0. The molecule has 1 rings (SSSR count). The quantitative estimate of drug-likeness (QED) is 0.717. The van der Waals surface area contributed by atoms with Crippen molar-refractivity contribution in [1.82, 2.24) is 10.6 Å². The highest BCUT2D eigenvalue weighted by atomic mass is 35.5. The lowest BCUT2D eigenvalue weighted by Gasteiger charge is -2.11. The van der Waals surface area contributed by atoms with Crippen LogP contribution in [0.5, 0.6) is 5.75 Å². The van der Waals surface area contributed by atoms with Gasteiger partial charge in [0.25, 0.3) is 0 Å². The Hall–Kier alpha value is -1.26. The van der Waals surface area contributed by atoms with Crippen LogP contribution in [0, 0.1) is 5.92 Å². The fraction of sp³-hybridized carbons (Fsp3) is 0.500. The fourth-order valence-electron chi connectivity index (χ4n) is 1.56. The number of ether oxygens (including phenoxy) is 1. The molecule has 0 aromatic heterocycles. The third-order valence-corrected chi connectivity index (χ3v) is 2.59. The number of hydrogen-bond acceptors (Lipinski definition) is 3. The van der Waals surface area contributed by atoms with Gasteiger partial charge in [-0.05, 0) is 25.6 Å². The van der Waals surface area contributed by atoms with Crippen LogP contribution in [0.15, 0.2) is 30.3 Å². The molecular weight excluding hydrogens is 264 g/mol. The minimum absolute atomic E-state index is 0. The van der Waals surface area contributed by atoms with Crippen LogP contribution < -0.4 is 15.4 Å². The van der Waals surface area contributed by atoms with Gasteiger partial charge in [-0.1, -0.05) is 25.1 Å². The lowest BCUT2D eigenvalue weighted by Crippen LogP contribution is -2.35. The Morgan fingerprint density at radius 2 is 2.00 bits per heavy atom. The molecule has 1 amide bonds. The molecule has 1 atom stereocenters. The van der Waals surface area contributed by atoms with E-state index in [0.29, 0.717) is 19.7 Å². The zero-order valence-corrected chi connectivity index (χ0v) is 12.3. The van der Waals surface area contributed by atoms with Crippen LogP contribution in [0.25, 0.3) is 0 Å². The smallest absolute Gasteiger partial charge is 0.224 e. The molecule has 0 saturated heterocycles. The van der Waals surface area contributed by atoms with E-state index in [1.54, 1.807) is 0 Å². The molecule has 0 aliphatic rings. The van der Waals surface area contributed by atoms with Gasteiger partial charge in [-0.3, -0.25) is 4.79 Å². The molecule has 2 N–H and O–H groups in total. The molecular formula is C14H23ClN2O2. The summed E-state index contributed by atoms with van der Waals surface area (Å²) < 4.78 is 5.53. The third kappa shape index (κ3) is 7.70. The number of carbonyl (C=O) groups is 1. The van der Waals surface area contributed by atoms with E-state index < -0.39 is 0 Å². The summed E-state index contributed by atoms with van der Waals surface area (Å²) in [6, 6.07) is 9.68. The average molecular weight is 287 g/mol. The van der Waals surface area contributed by atoms with E-state index in [0.717, 1.165) is 12.2 Å². The topological polar surface area (TPSA) is 50.4 Å². The van der Waals surface area contributed by atoms with Crippen molar-refractivity contribution in [1.29, 1.82) is 0 Å². The fourth-order valence-corrected chi connectivity index (χ4v) is 1.56. The molecule has 0 bridgehead atoms. The van der Waals surface area contributed by atoms with E-state index in [2.05, 4.69) is 10.6 Å². The van der Waals surface area contributed by atoms with E-state index >= 15 is 0 Å². The Morgan fingerprint density at radius 1 is 1.32 bits per heavy atom. The Balaban J connectivity index is 0.00000324. The van der Waals surface area contributed by atoms with E-state index in [1.807, 2.05) is 44.3 Å². The number of hydrogen-bond donors (Lipinski definition) is 2. The van der Waals surface area contributed by atoms with Gasteiger partial charge in [-0.25, -0.2) is 0 Å². The standard InChI is InChI=1S/C14H22N2O2.ClH/c1-12(11-15-2)14(17)16-9-6-10-18-13-7-4-3-5-8-13;/h3-5,7-8,12,15H,6,9-11H2,1-2H3,(H,16,17);1H. The first-order valence-electron chi connectivity index (χ1n) is 6.34.